The SMILES string of the molecule is C/C=C/C(=O)N1CCC(C(=O)O)(c2ccccc2)CC1. The number of piperidine rings is 1. The van der Waals surface area contributed by atoms with Gasteiger partial charge in [0.2, 0.25) is 5.91 Å². The fourth-order valence-corrected chi connectivity index (χ4v) is 2.74. The summed E-state index contributed by atoms with van der Waals surface area (Å²) in [7, 11) is 0. The number of nitrogens with zero attached hydrogens (tertiary/aromatic N) is 1. The lowest BCUT2D eigenvalue weighted by molar-refractivity contribution is -0.147. The van der Waals surface area contributed by atoms with Gasteiger partial charge in [0, 0.05) is 13.1 Å². The molecule has 1 aliphatic heterocycles. The Kier molecular flexibility index (Phi) is 4.23. The number of aliphatic carboxylic acids is 1. The molecule has 1 amide bonds. The fourth-order valence-electron chi connectivity index (χ4n) is 2.74. The third-order valence-corrected chi connectivity index (χ3v) is 3.97. The second kappa shape index (κ2) is 5.90. The van der Waals surface area contributed by atoms with Gasteiger partial charge >= 0.3 is 5.97 Å². The normalized spacial score (nSPS) is 18.1. The van der Waals surface area contributed by atoms with Crippen LogP contribution < -0.4 is 0 Å². The summed E-state index contributed by atoms with van der Waals surface area (Å²) in [6, 6.07) is 9.31. The average Bonchev–Trinajstić information content (AvgIpc) is 2.48. The maximum absolute atomic E-state index is 11.8. The van der Waals surface area contributed by atoms with Gasteiger partial charge in [-0.1, -0.05) is 36.4 Å². The Hall–Kier alpha value is -2.10. The molecule has 4 heteroatoms. The number of amides is 1. The van der Waals surface area contributed by atoms with Crippen LogP contribution in [-0.2, 0) is 15.0 Å². The lowest BCUT2D eigenvalue weighted by atomic mass is 9.73. The van der Waals surface area contributed by atoms with E-state index in [9.17, 15) is 14.7 Å². The Labute approximate surface area is 118 Å². The summed E-state index contributed by atoms with van der Waals surface area (Å²) in [6.45, 7) is 2.75. The van der Waals surface area contributed by atoms with E-state index in [1.54, 1.807) is 17.9 Å². The van der Waals surface area contributed by atoms with E-state index in [1.807, 2.05) is 30.3 Å². The van der Waals surface area contributed by atoms with Crippen LogP contribution in [0.2, 0.25) is 0 Å². The number of benzene rings is 1. The largest absolute Gasteiger partial charge is 0.481 e. The minimum absolute atomic E-state index is 0.0421. The molecule has 1 aromatic rings. The number of carboxylic acid groups (broad SMARTS) is 1. The van der Waals surface area contributed by atoms with Gasteiger partial charge in [-0.25, -0.2) is 0 Å². The zero-order valence-electron chi connectivity index (χ0n) is 11.6. The standard InChI is InChI=1S/C16H19NO3/c1-2-6-14(18)17-11-9-16(10-12-17,15(19)20)13-7-4-3-5-8-13/h2-8H,9-12H2,1H3,(H,19,20)/b6-2+. The van der Waals surface area contributed by atoms with Crippen molar-refractivity contribution < 1.29 is 14.7 Å². The summed E-state index contributed by atoms with van der Waals surface area (Å²) in [5, 5.41) is 9.65. The first-order valence-electron chi connectivity index (χ1n) is 6.81. The number of allylic oxidation sites excluding steroid dienone is 1. The molecular formula is C16H19NO3. The molecule has 106 valence electrons. The molecule has 1 N–H and O–H groups in total. The number of carbonyl (C=O) groups is 2. The minimum atomic E-state index is -0.867. The van der Waals surface area contributed by atoms with Crippen molar-refractivity contribution in [3.05, 3.63) is 48.0 Å². The smallest absolute Gasteiger partial charge is 0.314 e. The quantitative estimate of drug-likeness (QED) is 0.859. The first-order valence-corrected chi connectivity index (χ1v) is 6.81. The second-order valence-electron chi connectivity index (χ2n) is 5.08. The number of hydrogen-bond donors (Lipinski definition) is 1. The van der Waals surface area contributed by atoms with Crippen LogP contribution in [0.5, 0.6) is 0 Å². The molecule has 0 bridgehead atoms. The van der Waals surface area contributed by atoms with E-state index in [0.717, 1.165) is 5.56 Å². The van der Waals surface area contributed by atoms with Crippen molar-refractivity contribution in [2.24, 2.45) is 0 Å². The Morgan fingerprint density at radius 3 is 2.30 bits per heavy atom. The molecule has 0 aliphatic carbocycles. The lowest BCUT2D eigenvalue weighted by Crippen LogP contribution is -2.48. The van der Waals surface area contributed by atoms with Gasteiger partial charge in [0.15, 0.2) is 0 Å². The van der Waals surface area contributed by atoms with E-state index in [2.05, 4.69) is 0 Å². The van der Waals surface area contributed by atoms with Crippen molar-refractivity contribution in [3.8, 4) is 0 Å². The van der Waals surface area contributed by atoms with Gasteiger partial charge in [0.1, 0.15) is 0 Å². The molecule has 2 rings (SSSR count). The molecular weight excluding hydrogens is 254 g/mol. The van der Waals surface area contributed by atoms with Crippen molar-refractivity contribution in [2.75, 3.05) is 13.1 Å². The maximum atomic E-state index is 11.8. The van der Waals surface area contributed by atoms with Crippen molar-refractivity contribution in [3.63, 3.8) is 0 Å². The van der Waals surface area contributed by atoms with E-state index in [4.69, 9.17) is 0 Å². The predicted octanol–water partition coefficient (Wildman–Crippen LogP) is 2.21. The van der Waals surface area contributed by atoms with Gasteiger partial charge < -0.3 is 10.0 Å². The first-order chi connectivity index (χ1) is 9.60. The van der Waals surface area contributed by atoms with Gasteiger partial charge in [-0.15, -0.1) is 0 Å². The third kappa shape index (κ3) is 2.59. The van der Waals surface area contributed by atoms with E-state index < -0.39 is 11.4 Å². The van der Waals surface area contributed by atoms with Crippen LogP contribution in [-0.4, -0.2) is 35.0 Å². The van der Waals surface area contributed by atoms with E-state index in [-0.39, 0.29) is 5.91 Å². The van der Waals surface area contributed by atoms with E-state index in [0.29, 0.717) is 25.9 Å². The highest BCUT2D eigenvalue weighted by atomic mass is 16.4. The molecule has 1 fully saturated rings. The van der Waals surface area contributed by atoms with Crippen molar-refractivity contribution >= 4 is 11.9 Å². The molecule has 0 radical (unpaired) electrons. The zero-order chi connectivity index (χ0) is 14.6. The monoisotopic (exact) mass is 273 g/mol. The van der Waals surface area contributed by atoms with Crippen LogP contribution in [0.3, 0.4) is 0 Å². The van der Waals surface area contributed by atoms with Crippen LogP contribution in [0.1, 0.15) is 25.3 Å². The maximum Gasteiger partial charge on any atom is 0.314 e. The molecule has 1 aliphatic rings. The van der Waals surface area contributed by atoms with Gasteiger partial charge in [0.25, 0.3) is 0 Å². The zero-order valence-corrected chi connectivity index (χ0v) is 11.6. The highest BCUT2D eigenvalue weighted by Gasteiger charge is 2.43. The number of carboxylic acids is 1. The van der Waals surface area contributed by atoms with Gasteiger partial charge in [-0.3, -0.25) is 9.59 Å². The Morgan fingerprint density at radius 2 is 1.80 bits per heavy atom. The summed E-state index contributed by atoms with van der Waals surface area (Å²) in [5.41, 5.74) is -0.0424. The number of hydrogen-bond acceptors (Lipinski definition) is 2. The molecule has 1 heterocycles. The molecule has 0 spiro atoms. The first kappa shape index (κ1) is 14.3. The molecule has 0 saturated carbocycles. The van der Waals surface area contributed by atoms with Crippen molar-refractivity contribution in [2.45, 2.75) is 25.2 Å². The Bertz CT molecular complexity index is 514. The van der Waals surface area contributed by atoms with Gasteiger partial charge in [-0.2, -0.15) is 0 Å². The van der Waals surface area contributed by atoms with Crippen molar-refractivity contribution in [1.29, 1.82) is 0 Å². The molecule has 0 atom stereocenters. The minimum Gasteiger partial charge on any atom is -0.481 e. The number of carbonyl (C=O) groups excluding carboxylic acids is 1. The molecule has 1 saturated heterocycles. The predicted molar refractivity (Wildman–Crippen MR) is 76.4 cm³/mol. The van der Waals surface area contributed by atoms with Crippen LogP contribution in [0.4, 0.5) is 0 Å². The number of rotatable bonds is 3. The van der Waals surface area contributed by atoms with Crippen LogP contribution in [0.15, 0.2) is 42.5 Å². The van der Waals surface area contributed by atoms with Gasteiger partial charge in [-0.05, 0) is 31.4 Å². The molecule has 0 unspecified atom stereocenters. The summed E-state index contributed by atoms with van der Waals surface area (Å²) >= 11 is 0. The molecule has 4 nitrogen and oxygen atoms in total. The van der Waals surface area contributed by atoms with Gasteiger partial charge in [0.05, 0.1) is 5.41 Å². The van der Waals surface area contributed by atoms with Crippen LogP contribution >= 0.6 is 0 Å². The second-order valence-corrected chi connectivity index (χ2v) is 5.08. The molecule has 0 aromatic heterocycles. The molecule has 1 aromatic carbocycles. The summed E-state index contributed by atoms with van der Waals surface area (Å²) in [6.07, 6.45) is 4.14. The number of likely N-dealkylation sites (tertiary alicyclic amines) is 1. The average molecular weight is 273 g/mol. The highest BCUT2D eigenvalue weighted by Crippen LogP contribution is 2.35. The van der Waals surface area contributed by atoms with Crippen molar-refractivity contribution in [1.82, 2.24) is 4.90 Å². The van der Waals surface area contributed by atoms with E-state index in [1.165, 1.54) is 6.08 Å². The summed E-state index contributed by atoms with van der Waals surface area (Å²) in [4.78, 5) is 25.3. The Balaban J connectivity index is 2.19. The summed E-state index contributed by atoms with van der Waals surface area (Å²) < 4.78 is 0. The van der Waals surface area contributed by atoms with E-state index >= 15 is 0 Å². The highest BCUT2D eigenvalue weighted by molar-refractivity contribution is 5.88. The van der Waals surface area contributed by atoms with Crippen LogP contribution in [0.25, 0.3) is 0 Å². The van der Waals surface area contributed by atoms with Crippen LogP contribution in [0, 0.1) is 0 Å². The summed E-state index contributed by atoms with van der Waals surface area (Å²) in [5.74, 6) is -0.846. The topological polar surface area (TPSA) is 57.6 Å². The lowest BCUT2D eigenvalue weighted by Gasteiger charge is -2.38. The fraction of sp³-hybridized carbons (Fsp3) is 0.375. The third-order valence-electron chi connectivity index (χ3n) is 3.97. The Morgan fingerprint density at radius 1 is 1.20 bits per heavy atom. The molecule has 20 heavy (non-hydrogen) atoms.